The maximum absolute atomic E-state index is 12.4. The molecule has 29 heavy (non-hydrogen) atoms. The van der Waals surface area contributed by atoms with E-state index < -0.39 is 29.7 Å². The highest BCUT2D eigenvalue weighted by atomic mass is 16.7. The maximum atomic E-state index is 12.4. The quantitative estimate of drug-likeness (QED) is 0.259. The molecule has 154 valence electrons. The van der Waals surface area contributed by atoms with Crippen molar-refractivity contribution >= 4 is 29.6 Å². The van der Waals surface area contributed by atoms with E-state index in [1.54, 1.807) is 24.3 Å². The molecule has 1 aromatic carbocycles. The summed E-state index contributed by atoms with van der Waals surface area (Å²) in [4.78, 5) is 39.5. The van der Waals surface area contributed by atoms with E-state index >= 15 is 0 Å². The molecule has 2 aromatic rings. The lowest BCUT2D eigenvalue weighted by Crippen LogP contribution is -2.44. The van der Waals surface area contributed by atoms with E-state index in [1.807, 2.05) is 0 Å². The summed E-state index contributed by atoms with van der Waals surface area (Å²) < 4.78 is 4.65. The van der Waals surface area contributed by atoms with Crippen molar-refractivity contribution in [3.8, 4) is 0 Å². The van der Waals surface area contributed by atoms with E-state index in [1.165, 1.54) is 14.0 Å². The van der Waals surface area contributed by atoms with Gasteiger partial charge in [0.1, 0.15) is 11.4 Å². The molecule has 0 spiro atoms. The van der Waals surface area contributed by atoms with Gasteiger partial charge in [0.2, 0.25) is 5.96 Å². The van der Waals surface area contributed by atoms with Gasteiger partial charge in [0, 0.05) is 0 Å². The van der Waals surface area contributed by atoms with Gasteiger partial charge in [-0.1, -0.05) is 29.4 Å². The fraction of sp³-hybridized carbons (Fsp3) is 0.235. The Labute approximate surface area is 164 Å². The van der Waals surface area contributed by atoms with Gasteiger partial charge in [-0.3, -0.25) is 20.4 Å². The number of hydrogen-bond acceptors (Lipinski definition) is 7. The predicted molar refractivity (Wildman–Crippen MR) is 98.4 cm³/mol. The Morgan fingerprint density at radius 2 is 1.90 bits per heavy atom. The van der Waals surface area contributed by atoms with Crippen LogP contribution in [0.15, 0.2) is 28.8 Å². The van der Waals surface area contributed by atoms with Crippen LogP contribution in [0.2, 0.25) is 0 Å². The van der Waals surface area contributed by atoms with Crippen molar-refractivity contribution in [2.24, 2.45) is 0 Å². The van der Waals surface area contributed by atoms with Gasteiger partial charge in [0.15, 0.2) is 0 Å². The number of carbonyl (C=O) groups is 3. The fourth-order valence-electron chi connectivity index (χ4n) is 2.41. The SMILES string of the molecule is CON(Cc1ccccc1CC(=O)O)C(=O)NC(=N)Nc1c(C)noc1C(=O)O. The Balaban J connectivity index is 2.07. The summed E-state index contributed by atoms with van der Waals surface area (Å²) in [6.45, 7) is 1.39. The molecule has 0 aliphatic heterocycles. The minimum Gasteiger partial charge on any atom is -0.481 e. The lowest BCUT2D eigenvalue weighted by atomic mass is 10.0. The van der Waals surface area contributed by atoms with E-state index in [9.17, 15) is 14.4 Å². The molecule has 0 fully saturated rings. The molecule has 0 saturated heterocycles. The zero-order chi connectivity index (χ0) is 21.6. The van der Waals surface area contributed by atoms with Crippen LogP contribution in [0, 0.1) is 12.3 Å². The number of aryl methyl sites for hydroxylation is 1. The van der Waals surface area contributed by atoms with Gasteiger partial charge in [-0.25, -0.2) is 9.59 Å². The number of anilines is 1. The summed E-state index contributed by atoms with van der Waals surface area (Å²) in [7, 11) is 1.24. The third-order valence-corrected chi connectivity index (χ3v) is 3.76. The lowest BCUT2D eigenvalue weighted by Gasteiger charge is -2.21. The molecule has 0 saturated carbocycles. The van der Waals surface area contributed by atoms with Gasteiger partial charge in [-0.05, 0) is 18.1 Å². The number of urea groups is 1. The van der Waals surface area contributed by atoms with Gasteiger partial charge in [0.25, 0.3) is 5.76 Å². The second kappa shape index (κ2) is 9.32. The Kier molecular flexibility index (Phi) is 6.87. The molecule has 0 aliphatic rings. The summed E-state index contributed by atoms with van der Waals surface area (Å²) in [5.41, 5.74) is 1.18. The third kappa shape index (κ3) is 5.52. The van der Waals surface area contributed by atoms with E-state index in [0.717, 1.165) is 5.06 Å². The average molecular weight is 405 g/mol. The van der Waals surface area contributed by atoms with Gasteiger partial charge in [-0.15, -0.1) is 0 Å². The number of benzene rings is 1. The number of amides is 2. The van der Waals surface area contributed by atoms with Crippen molar-refractivity contribution in [1.82, 2.24) is 15.5 Å². The molecule has 12 nitrogen and oxygen atoms in total. The number of carboxylic acid groups (broad SMARTS) is 2. The number of hydrogen-bond donors (Lipinski definition) is 5. The number of aliphatic carboxylic acids is 1. The number of guanidine groups is 1. The molecule has 0 radical (unpaired) electrons. The monoisotopic (exact) mass is 405 g/mol. The van der Waals surface area contributed by atoms with Crippen LogP contribution in [-0.4, -0.2) is 51.5 Å². The van der Waals surface area contributed by atoms with Crippen molar-refractivity contribution in [1.29, 1.82) is 5.41 Å². The number of nitrogens with one attached hydrogen (secondary N) is 3. The lowest BCUT2D eigenvalue weighted by molar-refractivity contribution is -0.136. The van der Waals surface area contributed by atoms with Gasteiger partial charge < -0.3 is 20.1 Å². The second-order valence-electron chi connectivity index (χ2n) is 5.77. The number of aromatic carboxylic acids is 1. The van der Waals surface area contributed by atoms with E-state index in [-0.39, 0.29) is 24.3 Å². The normalized spacial score (nSPS) is 10.3. The molecule has 12 heteroatoms. The maximum Gasteiger partial charge on any atom is 0.376 e. The fourth-order valence-corrected chi connectivity index (χ4v) is 2.41. The van der Waals surface area contributed by atoms with Crippen molar-refractivity contribution in [2.45, 2.75) is 19.9 Å². The first-order chi connectivity index (χ1) is 13.7. The molecule has 2 rings (SSSR count). The second-order valence-corrected chi connectivity index (χ2v) is 5.77. The Morgan fingerprint density at radius 3 is 2.48 bits per heavy atom. The van der Waals surface area contributed by atoms with Crippen LogP contribution in [0.5, 0.6) is 0 Å². The number of carbonyl (C=O) groups excluding carboxylic acids is 1. The molecule has 0 aliphatic carbocycles. The number of aromatic nitrogens is 1. The molecule has 0 bridgehead atoms. The van der Waals surface area contributed by atoms with Crippen LogP contribution in [-0.2, 0) is 22.6 Å². The summed E-state index contributed by atoms with van der Waals surface area (Å²) in [5, 5.41) is 34.9. The third-order valence-electron chi connectivity index (χ3n) is 3.76. The van der Waals surface area contributed by atoms with Crippen molar-refractivity contribution in [3.63, 3.8) is 0 Å². The van der Waals surface area contributed by atoms with Crippen LogP contribution in [0.1, 0.15) is 27.4 Å². The van der Waals surface area contributed by atoms with Crippen LogP contribution < -0.4 is 10.6 Å². The highest BCUT2D eigenvalue weighted by Gasteiger charge is 2.22. The molecule has 5 N–H and O–H groups in total. The standard InChI is InChI=1S/C17H19N5O7/c1-9-13(14(15(25)26)29-21-9)19-16(18)20-17(27)22(28-2)8-11-6-4-3-5-10(11)7-12(23)24/h3-6H,7-8H2,1-2H3,(H,23,24)(H,25,26)(H3,18,19,20,27). The van der Waals surface area contributed by atoms with Crippen LogP contribution in [0.3, 0.4) is 0 Å². The van der Waals surface area contributed by atoms with Gasteiger partial charge >= 0.3 is 18.0 Å². The Bertz CT molecular complexity index is 940. The minimum absolute atomic E-state index is 0.0708. The zero-order valence-electron chi connectivity index (χ0n) is 15.6. The predicted octanol–water partition coefficient (Wildman–Crippen LogP) is 1.43. The number of rotatable bonds is 7. The topological polar surface area (TPSA) is 178 Å². The molecule has 1 heterocycles. The molecular formula is C17H19N5O7. The Morgan fingerprint density at radius 1 is 1.24 bits per heavy atom. The van der Waals surface area contributed by atoms with Crippen molar-refractivity contribution in [2.75, 3.05) is 12.4 Å². The highest BCUT2D eigenvalue weighted by Crippen LogP contribution is 2.19. The average Bonchev–Trinajstić information content (AvgIpc) is 3.01. The summed E-state index contributed by atoms with van der Waals surface area (Å²) in [5.74, 6) is -3.45. The Hall–Kier alpha value is -3.93. The largest absolute Gasteiger partial charge is 0.481 e. The summed E-state index contributed by atoms with van der Waals surface area (Å²) in [6.07, 6.45) is -0.225. The van der Waals surface area contributed by atoms with E-state index in [2.05, 4.69) is 20.3 Å². The first-order valence-corrected chi connectivity index (χ1v) is 8.19. The number of nitrogens with zero attached hydrogens (tertiary/aromatic N) is 2. The molecule has 0 atom stereocenters. The highest BCUT2D eigenvalue weighted by molar-refractivity contribution is 6.04. The summed E-state index contributed by atoms with van der Waals surface area (Å²) >= 11 is 0. The van der Waals surface area contributed by atoms with Crippen LogP contribution in [0.25, 0.3) is 0 Å². The molecular weight excluding hydrogens is 386 g/mol. The first kappa shape index (κ1) is 21.4. The number of hydroxylamine groups is 2. The molecule has 1 aromatic heterocycles. The molecule has 0 unspecified atom stereocenters. The number of carboxylic acids is 2. The smallest absolute Gasteiger partial charge is 0.376 e. The van der Waals surface area contributed by atoms with Crippen molar-refractivity contribution in [3.05, 3.63) is 46.8 Å². The first-order valence-electron chi connectivity index (χ1n) is 8.19. The van der Waals surface area contributed by atoms with Gasteiger partial charge in [-0.2, -0.15) is 5.06 Å². The van der Waals surface area contributed by atoms with E-state index in [0.29, 0.717) is 11.1 Å². The zero-order valence-corrected chi connectivity index (χ0v) is 15.6. The van der Waals surface area contributed by atoms with Gasteiger partial charge in [0.05, 0.1) is 20.1 Å². The minimum atomic E-state index is -1.39. The van der Waals surface area contributed by atoms with Crippen LogP contribution >= 0.6 is 0 Å². The summed E-state index contributed by atoms with van der Waals surface area (Å²) in [6, 6.07) is 5.82. The van der Waals surface area contributed by atoms with Crippen LogP contribution in [0.4, 0.5) is 10.5 Å². The van der Waals surface area contributed by atoms with E-state index in [4.69, 9.17) is 20.5 Å². The molecule has 2 amide bonds. The van der Waals surface area contributed by atoms with Crippen molar-refractivity contribution < 1.29 is 34.0 Å².